The lowest BCUT2D eigenvalue weighted by molar-refractivity contribution is -0.383. The average molecular weight is 292 g/mol. The first kappa shape index (κ1) is 13.7. The van der Waals surface area contributed by atoms with Gasteiger partial charge in [-0.3, -0.25) is 10.1 Å². The Morgan fingerprint density at radius 2 is 2.10 bits per heavy atom. The molecule has 0 amide bonds. The molecule has 0 aliphatic heterocycles. The Morgan fingerprint density at radius 1 is 1.33 bits per heavy atom. The van der Waals surface area contributed by atoms with Gasteiger partial charge < -0.3 is 10.4 Å². The molecular formula is C13H16N4O4. The Hall–Kier alpha value is -2.22. The molecule has 2 aromatic rings. The van der Waals surface area contributed by atoms with E-state index in [-0.39, 0.29) is 29.8 Å². The van der Waals surface area contributed by atoms with Crippen LogP contribution in [0.25, 0.3) is 11.0 Å². The Bertz CT molecular complexity index is 657. The van der Waals surface area contributed by atoms with Crippen molar-refractivity contribution >= 4 is 22.4 Å². The van der Waals surface area contributed by atoms with Crippen LogP contribution in [-0.2, 0) is 0 Å². The summed E-state index contributed by atoms with van der Waals surface area (Å²) in [6, 6.07) is 3.14. The second kappa shape index (κ2) is 5.65. The molecule has 1 aliphatic carbocycles. The van der Waals surface area contributed by atoms with Crippen LogP contribution in [0.1, 0.15) is 25.7 Å². The van der Waals surface area contributed by atoms with E-state index in [1.54, 1.807) is 6.07 Å². The molecule has 0 saturated heterocycles. The first-order valence-corrected chi connectivity index (χ1v) is 6.97. The molecule has 21 heavy (non-hydrogen) atoms. The highest BCUT2D eigenvalue weighted by Gasteiger charge is 2.26. The maximum absolute atomic E-state index is 11.0. The van der Waals surface area contributed by atoms with Crippen molar-refractivity contribution in [2.75, 3.05) is 11.9 Å². The fourth-order valence-electron chi connectivity index (χ4n) is 2.93. The number of nitro benzene ring substituents is 1. The fraction of sp³-hybridized carbons (Fsp3) is 0.538. The van der Waals surface area contributed by atoms with Gasteiger partial charge in [-0.05, 0) is 29.2 Å². The fourth-order valence-corrected chi connectivity index (χ4v) is 2.93. The van der Waals surface area contributed by atoms with E-state index in [1.165, 1.54) is 6.07 Å². The van der Waals surface area contributed by atoms with Gasteiger partial charge in [-0.2, -0.15) is 0 Å². The SMILES string of the molecule is O=[N+]([O-])c1ccc(NC2CCCCC2CO)c2nonc12. The third kappa shape index (κ3) is 2.54. The molecule has 0 radical (unpaired) electrons. The van der Waals surface area contributed by atoms with Gasteiger partial charge in [0.25, 0.3) is 0 Å². The first-order chi connectivity index (χ1) is 10.2. The molecular weight excluding hydrogens is 276 g/mol. The highest BCUT2D eigenvalue weighted by molar-refractivity contribution is 5.93. The van der Waals surface area contributed by atoms with Gasteiger partial charge in [-0.25, -0.2) is 4.63 Å². The van der Waals surface area contributed by atoms with E-state index in [2.05, 4.69) is 20.3 Å². The minimum Gasteiger partial charge on any atom is -0.396 e. The number of rotatable bonds is 4. The molecule has 3 rings (SSSR count). The summed E-state index contributed by atoms with van der Waals surface area (Å²) in [6.07, 6.45) is 4.14. The minimum atomic E-state index is -0.506. The van der Waals surface area contributed by atoms with E-state index in [0.29, 0.717) is 11.2 Å². The number of nitrogens with one attached hydrogen (secondary N) is 1. The number of nitro groups is 1. The third-order valence-corrected chi connectivity index (χ3v) is 4.08. The predicted molar refractivity (Wildman–Crippen MR) is 74.9 cm³/mol. The van der Waals surface area contributed by atoms with Gasteiger partial charge in [0, 0.05) is 24.6 Å². The lowest BCUT2D eigenvalue weighted by atomic mass is 9.85. The van der Waals surface area contributed by atoms with Gasteiger partial charge in [0.15, 0.2) is 5.52 Å². The second-order valence-corrected chi connectivity index (χ2v) is 5.33. The van der Waals surface area contributed by atoms with E-state index >= 15 is 0 Å². The summed E-state index contributed by atoms with van der Waals surface area (Å²) in [6.45, 7) is 0.130. The van der Waals surface area contributed by atoms with Crippen molar-refractivity contribution in [1.29, 1.82) is 0 Å². The summed E-state index contributed by atoms with van der Waals surface area (Å²) in [5, 5.41) is 31.1. The van der Waals surface area contributed by atoms with Crippen LogP contribution in [0.2, 0.25) is 0 Å². The zero-order valence-corrected chi connectivity index (χ0v) is 11.4. The van der Waals surface area contributed by atoms with Gasteiger partial charge in [-0.15, -0.1) is 0 Å². The van der Waals surface area contributed by atoms with E-state index in [1.807, 2.05) is 0 Å². The lowest BCUT2D eigenvalue weighted by Crippen LogP contribution is -2.34. The largest absolute Gasteiger partial charge is 0.396 e. The predicted octanol–water partition coefficient (Wildman–Crippen LogP) is 2.09. The molecule has 1 fully saturated rings. The van der Waals surface area contributed by atoms with Crippen molar-refractivity contribution in [3.8, 4) is 0 Å². The first-order valence-electron chi connectivity index (χ1n) is 6.97. The van der Waals surface area contributed by atoms with Gasteiger partial charge in [0.05, 0.1) is 10.6 Å². The van der Waals surface area contributed by atoms with Crippen molar-refractivity contribution in [2.45, 2.75) is 31.7 Å². The molecule has 1 aliphatic rings. The molecule has 2 unspecified atom stereocenters. The molecule has 8 nitrogen and oxygen atoms in total. The molecule has 1 heterocycles. The Labute approximate surface area is 120 Å². The highest BCUT2D eigenvalue weighted by atomic mass is 16.6. The molecule has 112 valence electrons. The van der Waals surface area contributed by atoms with Crippen LogP contribution in [0.3, 0.4) is 0 Å². The summed E-state index contributed by atoms with van der Waals surface area (Å²) in [5.41, 5.74) is 1.02. The number of non-ortho nitro benzene ring substituents is 1. The summed E-state index contributed by atoms with van der Waals surface area (Å²) in [4.78, 5) is 10.4. The Morgan fingerprint density at radius 3 is 2.86 bits per heavy atom. The average Bonchev–Trinajstić information content (AvgIpc) is 2.97. The van der Waals surface area contributed by atoms with Gasteiger partial charge in [0.2, 0.25) is 5.52 Å². The maximum Gasteiger partial charge on any atom is 0.300 e. The van der Waals surface area contributed by atoms with Crippen LogP contribution in [0.15, 0.2) is 16.8 Å². The number of benzene rings is 1. The number of hydrogen-bond acceptors (Lipinski definition) is 7. The van der Waals surface area contributed by atoms with Crippen LogP contribution in [0, 0.1) is 16.0 Å². The summed E-state index contributed by atoms with van der Waals surface area (Å²) in [7, 11) is 0. The number of hydrogen-bond donors (Lipinski definition) is 2. The van der Waals surface area contributed by atoms with Crippen molar-refractivity contribution in [3.63, 3.8) is 0 Å². The van der Waals surface area contributed by atoms with Crippen molar-refractivity contribution < 1.29 is 14.7 Å². The van der Waals surface area contributed by atoms with E-state index in [9.17, 15) is 15.2 Å². The normalized spacial score (nSPS) is 22.3. The lowest BCUT2D eigenvalue weighted by Gasteiger charge is -2.31. The highest BCUT2D eigenvalue weighted by Crippen LogP contribution is 2.32. The van der Waals surface area contributed by atoms with Crippen LogP contribution in [0.4, 0.5) is 11.4 Å². The number of fused-ring (bicyclic) bond motifs is 1. The van der Waals surface area contributed by atoms with E-state index < -0.39 is 4.92 Å². The standard InChI is InChI=1S/C13H16N4O4/c18-7-8-3-1-2-4-9(8)14-10-5-6-11(17(19)20)13-12(10)15-21-16-13/h5-6,8-9,14,18H,1-4,7H2. The number of aliphatic hydroxyl groups is 1. The third-order valence-electron chi connectivity index (χ3n) is 4.08. The monoisotopic (exact) mass is 292 g/mol. The number of anilines is 1. The molecule has 2 atom stereocenters. The van der Waals surface area contributed by atoms with Crippen LogP contribution < -0.4 is 5.32 Å². The Balaban J connectivity index is 1.92. The summed E-state index contributed by atoms with van der Waals surface area (Å²) < 4.78 is 4.64. The smallest absolute Gasteiger partial charge is 0.300 e. The topological polar surface area (TPSA) is 114 Å². The number of aliphatic hydroxyl groups excluding tert-OH is 1. The zero-order chi connectivity index (χ0) is 14.8. The number of aromatic nitrogens is 2. The zero-order valence-electron chi connectivity index (χ0n) is 11.4. The van der Waals surface area contributed by atoms with Gasteiger partial charge in [0.1, 0.15) is 0 Å². The molecule has 0 bridgehead atoms. The molecule has 0 spiro atoms. The van der Waals surface area contributed by atoms with E-state index in [0.717, 1.165) is 25.7 Å². The molecule has 1 aromatic heterocycles. The van der Waals surface area contributed by atoms with Gasteiger partial charge >= 0.3 is 5.69 Å². The second-order valence-electron chi connectivity index (χ2n) is 5.33. The molecule has 8 heteroatoms. The minimum absolute atomic E-state index is 0.126. The van der Waals surface area contributed by atoms with Crippen molar-refractivity contribution in [1.82, 2.24) is 10.3 Å². The van der Waals surface area contributed by atoms with Crippen LogP contribution in [0.5, 0.6) is 0 Å². The molecule has 2 N–H and O–H groups in total. The van der Waals surface area contributed by atoms with Crippen LogP contribution in [-0.4, -0.2) is 33.0 Å². The Kier molecular flexibility index (Phi) is 3.70. The summed E-state index contributed by atoms with van der Waals surface area (Å²) >= 11 is 0. The van der Waals surface area contributed by atoms with E-state index in [4.69, 9.17) is 0 Å². The van der Waals surface area contributed by atoms with Crippen LogP contribution >= 0.6 is 0 Å². The summed E-state index contributed by atoms with van der Waals surface area (Å²) in [5.74, 6) is 0.184. The van der Waals surface area contributed by atoms with Crippen molar-refractivity contribution in [3.05, 3.63) is 22.2 Å². The maximum atomic E-state index is 11.0. The van der Waals surface area contributed by atoms with Crippen molar-refractivity contribution in [2.24, 2.45) is 5.92 Å². The number of nitrogens with zero attached hydrogens (tertiary/aromatic N) is 3. The molecule has 1 aromatic carbocycles. The molecule has 1 saturated carbocycles. The van der Waals surface area contributed by atoms with Gasteiger partial charge in [-0.1, -0.05) is 12.8 Å². The quantitative estimate of drug-likeness (QED) is 0.655.